The van der Waals surface area contributed by atoms with Crippen LogP contribution in [-0.4, -0.2) is 4.40 Å². The summed E-state index contributed by atoms with van der Waals surface area (Å²) in [5, 5.41) is 0. The SMILES string of the molecule is Cc1c(C)c(C)n2c(C)c(C)c(C)c2c1C.[V]. The first-order valence-electron chi connectivity index (χ1n) is 5.92. The second kappa shape index (κ2) is 4.55. The third-order valence-electron chi connectivity index (χ3n) is 4.38. The standard InChI is InChI=1S/C15H21N.V/c1-8-9(2)13(6)16-14(7)10(3)12(5)15(16)11(8)4;/h1-7H3;. The first-order chi connectivity index (χ1) is 7.37. The van der Waals surface area contributed by atoms with Crippen molar-refractivity contribution in [2.45, 2.75) is 48.5 Å². The van der Waals surface area contributed by atoms with E-state index >= 15 is 0 Å². The minimum atomic E-state index is 0. The Morgan fingerprint density at radius 3 is 1.35 bits per heavy atom. The Balaban J connectivity index is 0.00000144. The van der Waals surface area contributed by atoms with Crippen LogP contribution in [0.1, 0.15) is 39.2 Å². The number of nitrogens with zero attached hydrogens (tertiary/aromatic N) is 1. The van der Waals surface area contributed by atoms with E-state index in [2.05, 4.69) is 52.9 Å². The molecule has 1 nitrogen and oxygen atoms in total. The van der Waals surface area contributed by atoms with Crippen LogP contribution in [0.2, 0.25) is 0 Å². The van der Waals surface area contributed by atoms with Crippen molar-refractivity contribution < 1.29 is 18.6 Å². The van der Waals surface area contributed by atoms with Gasteiger partial charge in [-0.1, -0.05) is 0 Å². The van der Waals surface area contributed by atoms with E-state index in [-0.39, 0.29) is 18.6 Å². The Hall–Kier alpha value is -0.656. The van der Waals surface area contributed by atoms with E-state index in [9.17, 15) is 0 Å². The summed E-state index contributed by atoms with van der Waals surface area (Å²) in [7, 11) is 0. The topological polar surface area (TPSA) is 4.41 Å². The van der Waals surface area contributed by atoms with Crippen LogP contribution in [0.4, 0.5) is 0 Å². The van der Waals surface area contributed by atoms with Crippen LogP contribution in [-0.2, 0) is 18.6 Å². The normalized spacial score (nSPS) is 10.8. The van der Waals surface area contributed by atoms with Crippen LogP contribution in [0.15, 0.2) is 0 Å². The molecule has 2 heterocycles. The molecule has 91 valence electrons. The Bertz CT molecular complexity index is 540. The summed E-state index contributed by atoms with van der Waals surface area (Å²) in [5.74, 6) is 0. The van der Waals surface area contributed by atoms with Crippen molar-refractivity contribution in [2.24, 2.45) is 0 Å². The van der Waals surface area contributed by atoms with E-state index in [0.717, 1.165) is 0 Å². The van der Waals surface area contributed by atoms with Crippen LogP contribution < -0.4 is 0 Å². The molecule has 2 heteroatoms. The van der Waals surface area contributed by atoms with Crippen molar-refractivity contribution >= 4 is 5.52 Å². The largest absolute Gasteiger partial charge is 0.317 e. The minimum absolute atomic E-state index is 0. The van der Waals surface area contributed by atoms with E-state index in [1.807, 2.05) is 0 Å². The molecule has 2 aromatic rings. The molecule has 0 aliphatic carbocycles. The van der Waals surface area contributed by atoms with Gasteiger partial charge in [0.05, 0.1) is 5.52 Å². The number of hydrogen-bond acceptors (Lipinski definition) is 0. The molecule has 0 aliphatic heterocycles. The van der Waals surface area contributed by atoms with E-state index in [0.29, 0.717) is 0 Å². The van der Waals surface area contributed by atoms with E-state index < -0.39 is 0 Å². The molecule has 2 rings (SSSR count). The molecule has 0 atom stereocenters. The molecular formula is C15H21NV. The summed E-state index contributed by atoms with van der Waals surface area (Å²) in [4.78, 5) is 0. The van der Waals surface area contributed by atoms with Gasteiger partial charge in [0.2, 0.25) is 0 Å². The van der Waals surface area contributed by atoms with Crippen LogP contribution in [0.25, 0.3) is 5.52 Å². The molecule has 0 aliphatic rings. The molecule has 0 saturated carbocycles. The molecule has 0 bridgehead atoms. The summed E-state index contributed by atoms with van der Waals surface area (Å²) in [5.41, 5.74) is 11.3. The predicted molar refractivity (Wildman–Crippen MR) is 70.6 cm³/mol. The van der Waals surface area contributed by atoms with Gasteiger partial charge in [-0.25, -0.2) is 0 Å². The summed E-state index contributed by atoms with van der Waals surface area (Å²) in [6, 6.07) is 0. The van der Waals surface area contributed by atoms with Gasteiger partial charge >= 0.3 is 0 Å². The summed E-state index contributed by atoms with van der Waals surface area (Å²) >= 11 is 0. The number of pyridine rings is 1. The van der Waals surface area contributed by atoms with Crippen LogP contribution in [0, 0.1) is 48.5 Å². The van der Waals surface area contributed by atoms with Crippen molar-refractivity contribution in [3.8, 4) is 0 Å². The van der Waals surface area contributed by atoms with Gasteiger partial charge in [-0.05, 0) is 76.3 Å². The average Bonchev–Trinajstić information content (AvgIpc) is 2.48. The van der Waals surface area contributed by atoms with Crippen LogP contribution in [0.3, 0.4) is 0 Å². The maximum atomic E-state index is 2.42. The van der Waals surface area contributed by atoms with Crippen LogP contribution in [0.5, 0.6) is 0 Å². The Kier molecular flexibility index (Phi) is 3.85. The van der Waals surface area contributed by atoms with Gasteiger partial charge in [0.15, 0.2) is 0 Å². The van der Waals surface area contributed by atoms with Crippen LogP contribution >= 0.6 is 0 Å². The maximum absolute atomic E-state index is 2.42. The van der Waals surface area contributed by atoms with Gasteiger partial charge in [-0.3, -0.25) is 0 Å². The molecule has 0 saturated heterocycles. The van der Waals surface area contributed by atoms with Gasteiger partial charge in [0, 0.05) is 29.9 Å². The smallest absolute Gasteiger partial charge is 0.0519 e. The Morgan fingerprint density at radius 2 is 0.882 bits per heavy atom. The number of rotatable bonds is 0. The first-order valence-corrected chi connectivity index (χ1v) is 5.92. The second-order valence-corrected chi connectivity index (χ2v) is 4.98. The third-order valence-corrected chi connectivity index (χ3v) is 4.38. The first kappa shape index (κ1) is 14.4. The van der Waals surface area contributed by atoms with Gasteiger partial charge in [-0.2, -0.15) is 0 Å². The quantitative estimate of drug-likeness (QED) is 0.676. The van der Waals surface area contributed by atoms with Crippen molar-refractivity contribution in [1.29, 1.82) is 0 Å². The monoisotopic (exact) mass is 266 g/mol. The van der Waals surface area contributed by atoms with E-state index in [1.165, 1.54) is 44.7 Å². The van der Waals surface area contributed by atoms with Crippen molar-refractivity contribution in [3.63, 3.8) is 0 Å². The fourth-order valence-corrected chi connectivity index (χ4v) is 2.72. The zero-order valence-corrected chi connectivity index (χ0v) is 13.3. The molecule has 0 spiro atoms. The van der Waals surface area contributed by atoms with Gasteiger partial charge in [0.25, 0.3) is 0 Å². The number of hydrogen-bond donors (Lipinski definition) is 0. The maximum Gasteiger partial charge on any atom is 0.0519 e. The minimum Gasteiger partial charge on any atom is -0.317 e. The molecule has 0 aromatic carbocycles. The molecule has 0 amide bonds. The van der Waals surface area contributed by atoms with E-state index in [4.69, 9.17) is 0 Å². The van der Waals surface area contributed by atoms with Gasteiger partial charge in [-0.15, -0.1) is 0 Å². The van der Waals surface area contributed by atoms with E-state index in [1.54, 1.807) is 0 Å². The fraction of sp³-hybridized carbons (Fsp3) is 0.467. The summed E-state index contributed by atoms with van der Waals surface area (Å²) in [6.45, 7) is 15.6. The summed E-state index contributed by atoms with van der Waals surface area (Å²) in [6.07, 6.45) is 0. The van der Waals surface area contributed by atoms with Crippen molar-refractivity contribution in [1.82, 2.24) is 4.40 Å². The van der Waals surface area contributed by atoms with Gasteiger partial charge < -0.3 is 4.40 Å². The third kappa shape index (κ3) is 1.77. The molecule has 17 heavy (non-hydrogen) atoms. The van der Waals surface area contributed by atoms with Gasteiger partial charge in [0.1, 0.15) is 0 Å². The zero-order chi connectivity index (χ0) is 12.2. The molecule has 0 unspecified atom stereocenters. The average molecular weight is 266 g/mol. The number of aryl methyl sites for hydroxylation is 4. The predicted octanol–water partition coefficient (Wildman–Crippen LogP) is 4.10. The number of aromatic nitrogens is 1. The molecule has 2 aromatic heterocycles. The number of fused-ring (bicyclic) bond motifs is 1. The van der Waals surface area contributed by atoms with Crippen molar-refractivity contribution in [2.75, 3.05) is 0 Å². The zero-order valence-electron chi connectivity index (χ0n) is 11.9. The fourth-order valence-electron chi connectivity index (χ4n) is 2.72. The molecule has 0 N–H and O–H groups in total. The Morgan fingerprint density at radius 1 is 0.529 bits per heavy atom. The Labute approximate surface area is 116 Å². The van der Waals surface area contributed by atoms with Crippen molar-refractivity contribution in [3.05, 3.63) is 39.2 Å². The molecular weight excluding hydrogens is 245 g/mol. The molecule has 0 fully saturated rings. The molecule has 1 radical (unpaired) electrons. The second-order valence-electron chi connectivity index (χ2n) is 4.98. The summed E-state index contributed by atoms with van der Waals surface area (Å²) < 4.78 is 2.42.